The van der Waals surface area contributed by atoms with E-state index in [1.54, 1.807) is 48.5 Å². The van der Waals surface area contributed by atoms with Crippen LogP contribution in [0.1, 0.15) is 5.56 Å². The van der Waals surface area contributed by atoms with Gasteiger partial charge in [-0.2, -0.15) is 0 Å². The van der Waals surface area contributed by atoms with Crippen LogP contribution in [0, 0.1) is 0 Å². The summed E-state index contributed by atoms with van der Waals surface area (Å²) >= 11 is 0. The van der Waals surface area contributed by atoms with Crippen molar-refractivity contribution in [1.82, 2.24) is 4.72 Å². The second kappa shape index (κ2) is 8.89. The minimum atomic E-state index is -3.45. The third-order valence-corrected chi connectivity index (χ3v) is 5.47. The Hall–Kier alpha value is -3.17. The number of hydrogen-bond acceptors (Lipinski definition) is 5. The van der Waals surface area contributed by atoms with Crippen molar-refractivity contribution in [1.29, 1.82) is 0 Å². The number of nitrogens with zero attached hydrogens (tertiary/aromatic N) is 1. The highest BCUT2D eigenvalue weighted by molar-refractivity contribution is 7.88. The Kier molecular flexibility index (Phi) is 6.30. The van der Waals surface area contributed by atoms with Gasteiger partial charge in [0.15, 0.2) is 6.61 Å². The molecule has 2 N–H and O–H groups in total. The molecule has 152 valence electrons. The summed E-state index contributed by atoms with van der Waals surface area (Å²) in [5, 5.41) is 2.71. The average Bonchev–Trinajstić information content (AvgIpc) is 2.70. The van der Waals surface area contributed by atoms with E-state index >= 15 is 0 Å². The first-order valence-electron chi connectivity index (χ1n) is 8.87. The molecule has 1 aliphatic rings. The lowest BCUT2D eigenvalue weighted by atomic mass is 10.2. The summed E-state index contributed by atoms with van der Waals surface area (Å²) in [5.41, 5.74) is 1.63. The van der Waals surface area contributed by atoms with Gasteiger partial charge < -0.3 is 10.1 Å². The molecule has 0 spiro atoms. The maximum Gasteiger partial charge on any atom is 0.265 e. The molecule has 0 saturated carbocycles. The van der Waals surface area contributed by atoms with E-state index in [1.807, 2.05) is 0 Å². The molecule has 0 aromatic heterocycles. The Morgan fingerprint density at radius 1 is 1.17 bits per heavy atom. The Balaban J connectivity index is 1.61. The molecule has 0 radical (unpaired) electrons. The van der Waals surface area contributed by atoms with Gasteiger partial charge in [-0.05, 0) is 29.8 Å². The lowest BCUT2D eigenvalue weighted by Crippen LogP contribution is -2.43. The highest BCUT2D eigenvalue weighted by Gasteiger charge is 2.26. The van der Waals surface area contributed by atoms with Crippen molar-refractivity contribution in [2.75, 3.05) is 29.9 Å². The molecule has 2 aromatic rings. The minimum absolute atomic E-state index is 0.118. The Morgan fingerprint density at radius 3 is 2.62 bits per heavy atom. The predicted octanol–water partition coefficient (Wildman–Crippen LogP) is 1.66. The van der Waals surface area contributed by atoms with Crippen LogP contribution in [0.4, 0.5) is 11.4 Å². The van der Waals surface area contributed by atoms with E-state index < -0.39 is 10.0 Å². The summed E-state index contributed by atoms with van der Waals surface area (Å²) in [7, 11) is -3.45. The number of nitrogens with one attached hydrogen (secondary N) is 2. The molecular weight excluding hydrogens is 394 g/mol. The smallest absolute Gasteiger partial charge is 0.265 e. The summed E-state index contributed by atoms with van der Waals surface area (Å²) in [4.78, 5) is 25.9. The molecule has 2 amide bonds. The van der Waals surface area contributed by atoms with Gasteiger partial charge in [-0.3, -0.25) is 14.5 Å². The molecule has 0 aliphatic carbocycles. The molecule has 3 rings (SSSR count). The monoisotopic (exact) mass is 415 g/mol. The van der Waals surface area contributed by atoms with Gasteiger partial charge in [-0.25, -0.2) is 13.1 Å². The van der Waals surface area contributed by atoms with Gasteiger partial charge in [-0.15, -0.1) is 6.58 Å². The van der Waals surface area contributed by atoms with Crippen molar-refractivity contribution < 1.29 is 22.7 Å². The number of amides is 2. The fourth-order valence-corrected chi connectivity index (χ4v) is 3.92. The van der Waals surface area contributed by atoms with Gasteiger partial charge in [0.2, 0.25) is 15.9 Å². The summed E-state index contributed by atoms with van der Waals surface area (Å²) < 4.78 is 31.6. The first-order valence-corrected chi connectivity index (χ1v) is 10.5. The Labute approximate surface area is 169 Å². The quantitative estimate of drug-likeness (QED) is 0.638. The van der Waals surface area contributed by atoms with E-state index in [-0.39, 0.29) is 37.3 Å². The first kappa shape index (κ1) is 20.6. The number of rotatable bonds is 8. The van der Waals surface area contributed by atoms with Crippen LogP contribution in [0.3, 0.4) is 0 Å². The van der Waals surface area contributed by atoms with Crippen LogP contribution in [0.15, 0.2) is 61.2 Å². The Morgan fingerprint density at radius 2 is 1.90 bits per heavy atom. The number of sulfonamides is 1. The van der Waals surface area contributed by atoms with Gasteiger partial charge in [0.25, 0.3) is 5.91 Å². The van der Waals surface area contributed by atoms with E-state index in [1.165, 1.54) is 11.0 Å². The van der Waals surface area contributed by atoms with Crippen molar-refractivity contribution in [3.8, 4) is 5.75 Å². The van der Waals surface area contributed by atoms with Crippen LogP contribution in [-0.4, -0.2) is 39.9 Å². The fourth-order valence-electron chi connectivity index (χ4n) is 2.81. The first-order chi connectivity index (χ1) is 13.9. The van der Waals surface area contributed by atoms with Crippen LogP contribution >= 0.6 is 0 Å². The molecule has 0 unspecified atom stereocenters. The number of carbonyl (C=O) groups is 2. The van der Waals surface area contributed by atoms with Crippen molar-refractivity contribution in [2.24, 2.45) is 0 Å². The molecule has 0 bridgehead atoms. The summed E-state index contributed by atoms with van der Waals surface area (Å²) in [5.74, 6) is -0.293. The van der Waals surface area contributed by atoms with Gasteiger partial charge in [-0.1, -0.05) is 30.3 Å². The zero-order chi connectivity index (χ0) is 20.9. The summed E-state index contributed by atoms with van der Waals surface area (Å²) in [6, 6.07) is 13.5. The van der Waals surface area contributed by atoms with E-state index in [9.17, 15) is 18.0 Å². The molecule has 29 heavy (non-hydrogen) atoms. The van der Waals surface area contributed by atoms with Crippen molar-refractivity contribution in [3.63, 3.8) is 0 Å². The topological polar surface area (TPSA) is 105 Å². The minimum Gasteiger partial charge on any atom is -0.482 e. The standard InChI is InChI=1S/C20H21N3O5S/c1-2-11-21-29(26,27)14-15-7-9-16(10-8-15)22-19(24)12-23-17-5-3-4-6-18(17)28-13-20(23)25/h2-10,21H,1,11-14H2,(H,22,24). The molecule has 1 aliphatic heterocycles. The Bertz CT molecular complexity index is 1020. The second-order valence-electron chi connectivity index (χ2n) is 6.38. The average molecular weight is 415 g/mol. The number of anilines is 2. The lowest BCUT2D eigenvalue weighted by Gasteiger charge is -2.28. The normalized spacial score (nSPS) is 13.4. The SMILES string of the molecule is C=CCNS(=O)(=O)Cc1ccc(NC(=O)CN2C(=O)COc3ccccc32)cc1. The van der Waals surface area contributed by atoms with Crippen molar-refractivity contribution in [2.45, 2.75) is 5.75 Å². The largest absolute Gasteiger partial charge is 0.482 e. The van der Waals surface area contributed by atoms with E-state index in [0.717, 1.165) is 0 Å². The molecule has 0 saturated heterocycles. The van der Waals surface area contributed by atoms with E-state index in [4.69, 9.17) is 4.74 Å². The van der Waals surface area contributed by atoms with Gasteiger partial charge >= 0.3 is 0 Å². The van der Waals surface area contributed by atoms with Gasteiger partial charge in [0, 0.05) is 12.2 Å². The van der Waals surface area contributed by atoms with Crippen LogP contribution in [0.5, 0.6) is 5.75 Å². The van der Waals surface area contributed by atoms with Crippen molar-refractivity contribution >= 4 is 33.2 Å². The van der Waals surface area contributed by atoms with Crippen molar-refractivity contribution in [3.05, 3.63) is 66.7 Å². The number of carbonyl (C=O) groups excluding carboxylic acids is 2. The van der Waals surface area contributed by atoms with Crippen LogP contribution in [0.2, 0.25) is 0 Å². The maximum absolute atomic E-state index is 12.4. The van der Waals surface area contributed by atoms with E-state index in [0.29, 0.717) is 22.7 Å². The fraction of sp³-hybridized carbons (Fsp3) is 0.200. The summed E-state index contributed by atoms with van der Waals surface area (Å²) in [6.07, 6.45) is 1.47. The molecule has 1 heterocycles. The highest BCUT2D eigenvalue weighted by atomic mass is 32.2. The zero-order valence-electron chi connectivity index (χ0n) is 15.6. The number of benzene rings is 2. The molecular formula is C20H21N3O5S. The number of fused-ring (bicyclic) bond motifs is 1. The maximum atomic E-state index is 12.4. The molecule has 9 heteroatoms. The number of ether oxygens (including phenoxy) is 1. The van der Waals surface area contributed by atoms with E-state index in [2.05, 4.69) is 16.6 Å². The molecule has 2 aromatic carbocycles. The molecule has 8 nitrogen and oxygen atoms in total. The molecule has 0 atom stereocenters. The molecule has 0 fully saturated rings. The second-order valence-corrected chi connectivity index (χ2v) is 8.18. The van der Waals surface area contributed by atoms with Crippen LogP contribution < -0.4 is 19.7 Å². The zero-order valence-corrected chi connectivity index (χ0v) is 16.4. The highest BCUT2D eigenvalue weighted by Crippen LogP contribution is 2.31. The number of hydrogen-bond donors (Lipinski definition) is 2. The predicted molar refractivity (Wildman–Crippen MR) is 110 cm³/mol. The van der Waals surface area contributed by atoms with Crippen LogP contribution in [-0.2, 0) is 25.4 Å². The third kappa shape index (κ3) is 5.43. The van der Waals surface area contributed by atoms with Gasteiger partial charge in [0.05, 0.1) is 11.4 Å². The number of para-hydroxylation sites is 2. The van der Waals surface area contributed by atoms with Gasteiger partial charge in [0.1, 0.15) is 12.3 Å². The summed E-state index contributed by atoms with van der Waals surface area (Å²) in [6.45, 7) is 3.37. The lowest BCUT2D eigenvalue weighted by molar-refractivity contribution is -0.123. The third-order valence-electron chi connectivity index (χ3n) is 4.15. The van der Waals surface area contributed by atoms with Crippen LogP contribution in [0.25, 0.3) is 0 Å².